The molecule has 1 aromatic heterocycles. The summed E-state index contributed by atoms with van der Waals surface area (Å²) < 4.78 is 5.22. The zero-order valence-corrected chi connectivity index (χ0v) is 8.41. The molecular formula is C11H12ClNO. The topological polar surface area (TPSA) is 39.2 Å². The molecule has 0 bridgehead atoms. The summed E-state index contributed by atoms with van der Waals surface area (Å²) in [4.78, 5) is 0. The van der Waals surface area contributed by atoms with Crippen LogP contribution in [0.5, 0.6) is 0 Å². The van der Waals surface area contributed by atoms with E-state index >= 15 is 0 Å². The summed E-state index contributed by atoms with van der Waals surface area (Å²) in [6, 6.07) is 13.5. The number of halogens is 1. The third kappa shape index (κ3) is 2.16. The fourth-order valence-corrected chi connectivity index (χ4v) is 1.29. The molecule has 0 amide bonds. The molecule has 0 fully saturated rings. The SMILES string of the molecule is Cl.NC(c1ccccc1)c1ccco1. The van der Waals surface area contributed by atoms with Crippen LogP contribution in [0.25, 0.3) is 0 Å². The van der Waals surface area contributed by atoms with Crippen molar-refractivity contribution in [1.29, 1.82) is 0 Å². The molecule has 2 N–H and O–H groups in total. The van der Waals surface area contributed by atoms with Crippen LogP contribution < -0.4 is 5.73 Å². The Morgan fingerprint density at radius 2 is 1.71 bits per heavy atom. The van der Waals surface area contributed by atoms with E-state index < -0.39 is 0 Å². The molecule has 0 saturated carbocycles. The maximum Gasteiger partial charge on any atom is 0.124 e. The molecule has 0 aliphatic rings. The molecule has 1 heterocycles. The fourth-order valence-electron chi connectivity index (χ4n) is 1.29. The second kappa shape index (κ2) is 4.84. The van der Waals surface area contributed by atoms with Crippen molar-refractivity contribution in [2.24, 2.45) is 5.73 Å². The van der Waals surface area contributed by atoms with Crippen LogP contribution in [0.15, 0.2) is 53.1 Å². The highest BCUT2D eigenvalue weighted by Crippen LogP contribution is 2.18. The molecule has 1 unspecified atom stereocenters. The van der Waals surface area contributed by atoms with E-state index in [4.69, 9.17) is 10.2 Å². The van der Waals surface area contributed by atoms with E-state index in [0.717, 1.165) is 11.3 Å². The highest BCUT2D eigenvalue weighted by atomic mass is 35.5. The van der Waals surface area contributed by atoms with Gasteiger partial charge in [-0.3, -0.25) is 0 Å². The monoisotopic (exact) mass is 209 g/mol. The smallest absolute Gasteiger partial charge is 0.124 e. The van der Waals surface area contributed by atoms with Crippen LogP contribution in [0.3, 0.4) is 0 Å². The molecule has 14 heavy (non-hydrogen) atoms. The Labute approximate surface area is 89.1 Å². The zero-order valence-electron chi connectivity index (χ0n) is 7.59. The minimum Gasteiger partial charge on any atom is -0.467 e. The molecule has 2 rings (SSSR count). The average molecular weight is 210 g/mol. The molecule has 2 nitrogen and oxygen atoms in total. The van der Waals surface area contributed by atoms with E-state index in [1.807, 2.05) is 42.5 Å². The van der Waals surface area contributed by atoms with Gasteiger partial charge in [0.15, 0.2) is 0 Å². The van der Waals surface area contributed by atoms with E-state index in [1.54, 1.807) is 6.26 Å². The molecule has 0 aliphatic carbocycles. The van der Waals surface area contributed by atoms with E-state index in [0.29, 0.717) is 0 Å². The van der Waals surface area contributed by atoms with Crippen molar-refractivity contribution in [2.75, 3.05) is 0 Å². The number of nitrogens with two attached hydrogens (primary N) is 1. The van der Waals surface area contributed by atoms with Crippen LogP contribution in [0.1, 0.15) is 17.4 Å². The van der Waals surface area contributed by atoms with E-state index in [9.17, 15) is 0 Å². The molecule has 0 spiro atoms. The molecule has 1 atom stereocenters. The highest BCUT2D eigenvalue weighted by Gasteiger charge is 2.09. The lowest BCUT2D eigenvalue weighted by molar-refractivity contribution is 0.490. The van der Waals surface area contributed by atoms with Gasteiger partial charge in [0.25, 0.3) is 0 Å². The highest BCUT2D eigenvalue weighted by molar-refractivity contribution is 5.85. The lowest BCUT2D eigenvalue weighted by Crippen LogP contribution is -2.10. The molecule has 1 aromatic carbocycles. The van der Waals surface area contributed by atoms with Gasteiger partial charge in [0.05, 0.1) is 12.3 Å². The van der Waals surface area contributed by atoms with Crippen LogP contribution in [0.2, 0.25) is 0 Å². The molecule has 0 aliphatic heterocycles. The lowest BCUT2D eigenvalue weighted by atomic mass is 10.1. The minimum atomic E-state index is -0.156. The third-order valence-corrected chi connectivity index (χ3v) is 2.01. The normalized spacial score (nSPS) is 11.8. The van der Waals surface area contributed by atoms with Crippen molar-refractivity contribution in [2.45, 2.75) is 6.04 Å². The summed E-state index contributed by atoms with van der Waals surface area (Å²) in [5.74, 6) is 0.797. The predicted molar refractivity (Wildman–Crippen MR) is 58.4 cm³/mol. The first-order valence-corrected chi connectivity index (χ1v) is 4.22. The van der Waals surface area contributed by atoms with Crippen molar-refractivity contribution in [3.8, 4) is 0 Å². The van der Waals surface area contributed by atoms with Gasteiger partial charge in [0.2, 0.25) is 0 Å². The van der Waals surface area contributed by atoms with Crippen LogP contribution >= 0.6 is 12.4 Å². The van der Waals surface area contributed by atoms with Crippen LogP contribution in [-0.4, -0.2) is 0 Å². The van der Waals surface area contributed by atoms with Gasteiger partial charge in [-0.2, -0.15) is 0 Å². The van der Waals surface area contributed by atoms with Crippen LogP contribution in [0, 0.1) is 0 Å². The molecular weight excluding hydrogens is 198 g/mol. The quantitative estimate of drug-likeness (QED) is 0.826. The van der Waals surface area contributed by atoms with Gasteiger partial charge in [-0.25, -0.2) is 0 Å². The molecule has 2 aromatic rings. The van der Waals surface area contributed by atoms with Crippen molar-refractivity contribution < 1.29 is 4.42 Å². The van der Waals surface area contributed by atoms with E-state index in [1.165, 1.54) is 0 Å². The summed E-state index contributed by atoms with van der Waals surface area (Å²) in [5, 5.41) is 0. The van der Waals surface area contributed by atoms with Gasteiger partial charge < -0.3 is 10.2 Å². The summed E-state index contributed by atoms with van der Waals surface area (Å²) in [6.07, 6.45) is 1.64. The van der Waals surface area contributed by atoms with Gasteiger partial charge in [-0.1, -0.05) is 30.3 Å². The summed E-state index contributed by atoms with van der Waals surface area (Å²) >= 11 is 0. The maximum atomic E-state index is 5.97. The summed E-state index contributed by atoms with van der Waals surface area (Å²) in [6.45, 7) is 0. The molecule has 3 heteroatoms. The summed E-state index contributed by atoms with van der Waals surface area (Å²) in [7, 11) is 0. The van der Waals surface area contributed by atoms with Crippen LogP contribution in [-0.2, 0) is 0 Å². The van der Waals surface area contributed by atoms with Gasteiger partial charge in [-0.15, -0.1) is 12.4 Å². The van der Waals surface area contributed by atoms with Gasteiger partial charge >= 0.3 is 0 Å². The Morgan fingerprint density at radius 1 is 1.00 bits per heavy atom. The van der Waals surface area contributed by atoms with Gasteiger partial charge in [0.1, 0.15) is 5.76 Å². The second-order valence-electron chi connectivity index (χ2n) is 2.90. The Morgan fingerprint density at radius 3 is 2.29 bits per heavy atom. The van der Waals surface area contributed by atoms with Crippen molar-refractivity contribution in [1.82, 2.24) is 0 Å². The first-order valence-electron chi connectivity index (χ1n) is 4.22. The first kappa shape index (κ1) is 10.8. The lowest BCUT2D eigenvalue weighted by Gasteiger charge is -2.07. The third-order valence-electron chi connectivity index (χ3n) is 2.01. The average Bonchev–Trinajstić information content (AvgIpc) is 2.71. The van der Waals surface area contributed by atoms with Gasteiger partial charge in [-0.05, 0) is 17.7 Å². The Bertz CT molecular complexity index is 358. The number of hydrogen-bond acceptors (Lipinski definition) is 2. The van der Waals surface area contributed by atoms with Crippen molar-refractivity contribution in [3.05, 3.63) is 60.1 Å². The zero-order chi connectivity index (χ0) is 9.10. The standard InChI is InChI=1S/C11H11NO.ClH/c12-11(10-7-4-8-13-10)9-5-2-1-3-6-9;/h1-8,11H,12H2;1H. The summed E-state index contributed by atoms with van der Waals surface area (Å²) in [5.41, 5.74) is 7.03. The Kier molecular flexibility index (Phi) is 3.74. The molecule has 0 saturated heterocycles. The predicted octanol–water partition coefficient (Wildman–Crippen LogP) is 2.75. The van der Waals surface area contributed by atoms with Crippen molar-refractivity contribution >= 4 is 12.4 Å². The first-order chi connectivity index (χ1) is 6.38. The van der Waals surface area contributed by atoms with Gasteiger partial charge in [0, 0.05) is 0 Å². The number of furan rings is 1. The molecule has 0 radical (unpaired) electrons. The van der Waals surface area contributed by atoms with Crippen LogP contribution in [0.4, 0.5) is 0 Å². The molecule has 74 valence electrons. The Hall–Kier alpha value is -1.25. The minimum absolute atomic E-state index is 0. The number of benzene rings is 1. The van der Waals surface area contributed by atoms with E-state index in [2.05, 4.69) is 0 Å². The van der Waals surface area contributed by atoms with Crippen molar-refractivity contribution in [3.63, 3.8) is 0 Å². The maximum absolute atomic E-state index is 5.97. The Balaban J connectivity index is 0.000000980. The van der Waals surface area contributed by atoms with E-state index in [-0.39, 0.29) is 18.4 Å². The number of rotatable bonds is 2. The fraction of sp³-hybridized carbons (Fsp3) is 0.0909. The largest absolute Gasteiger partial charge is 0.467 e. The number of hydrogen-bond donors (Lipinski definition) is 1. The second-order valence-corrected chi connectivity index (χ2v) is 2.90.